The van der Waals surface area contributed by atoms with Gasteiger partial charge >= 0.3 is 5.97 Å². The molecule has 4 nitrogen and oxygen atoms in total. The lowest BCUT2D eigenvalue weighted by Gasteiger charge is -2.00. The van der Waals surface area contributed by atoms with Gasteiger partial charge < -0.3 is 5.11 Å². The number of nitrogens with zero attached hydrogens (tertiary/aromatic N) is 1. The number of nitrogens with one attached hydrogen (secondary N) is 1. The smallest absolute Gasteiger partial charge is 0.351 e. The van der Waals surface area contributed by atoms with Crippen molar-refractivity contribution in [2.45, 2.75) is 6.92 Å². The van der Waals surface area contributed by atoms with Crippen molar-refractivity contribution in [3.63, 3.8) is 0 Å². The lowest BCUT2D eigenvalue weighted by Crippen LogP contribution is -2.10. The summed E-state index contributed by atoms with van der Waals surface area (Å²) in [5, 5.41) is 12.2. The average Bonchev–Trinajstić information content (AvgIpc) is 2.16. The number of benzene rings is 1. The van der Waals surface area contributed by atoms with E-state index in [0.29, 0.717) is 0 Å². The van der Waals surface area contributed by atoms with E-state index in [1.807, 2.05) is 12.1 Å². The SMILES string of the molecule is CC(=NNc1ccc(Br)cc1)C(=O)O. The van der Waals surface area contributed by atoms with Gasteiger partial charge in [-0.2, -0.15) is 5.10 Å². The van der Waals surface area contributed by atoms with Crippen LogP contribution in [0.2, 0.25) is 0 Å². The summed E-state index contributed by atoms with van der Waals surface area (Å²) >= 11 is 3.29. The van der Waals surface area contributed by atoms with Crippen LogP contribution in [0.5, 0.6) is 0 Å². The van der Waals surface area contributed by atoms with Crippen LogP contribution in [0.3, 0.4) is 0 Å². The van der Waals surface area contributed by atoms with Gasteiger partial charge in [0.25, 0.3) is 0 Å². The van der Waals surface area contributed by atoms with Gasteiger partial charge in [0.2, 0.25) is 0 Å². The van der Waals surface area contributed by atoms with Crippen molar-refractivity contribution in [3.8, 4) is 0 Å². The Morgan fingerprint density at radius 2 is 2.00 bits per heavy atom. The maximum absolute atomic E-state index is 10.4. The Kier molecular flexibility index (Phi) is 3.64. The summed E-state index contributed by atoms with van der Waals surface area (Å²) in [6.07, 6.45) is 0. The van der Waals surface area contributed by atoms with Crippen molar-refractivity contribution >= 4 is 33.3 Å². The van der Waals surface area contributed by atoms with Gasteiger partial charge in [0.05, 0.1) is 5.69 Å². The van der Waals surface area contributed by atoms with Crippen molar-refractivity contribution in [2.75, 3.05) is 5.43 Å². The fourth-order valence-electron chi connectivity index (χ4n) is 0.721. The maximum atomic E-state index is 10.4. The van der Waals surface area contributed by atoms with E-state index in [1.165, 1.54) is 6.92 Å². The first-order chi connectivity index (χ1) is 6.59. The largest absolute Gasteiger partial charge is 0.477 e. The molecule has 14 heavy (non-hydrogen) atoms. The number of hydrazone groups is 1. The van der Waals surface area contributed by atoms with Gasteiger partial charge in [0.15, 0.2) is 0 Å². The molecule has 0 bridgehead atoms. The molecule has 5 heteroatoms. The summed E-state index contributed by atoms with van der Waals surface area (Å²) in [6, 6.07) is 7.27. The second-order valence-corrected chi connectivity index (χ2v) is 3.54. The molecule has 0 saturated carbocycles. The van der Waals surface area contributed by atoms with Crippen LogP contribution in [-0.4, -0.2) is 16.8 Å². The second-order valence-electron chi connectivity index (χ2n) is 2.62. The van der Waals surface area contributed by atoms with Gasteiger partial charge in [-0.15, -0.1) is 0 Å². The molecule has 0 heterocycles. The van der Waals surface area contributed by atoms with Gasteiger partial charge in [-0.05, 0) is 31.2 Å². The highest BCUT2D eigenvalue weighted by atomic mass is 79.9. The van der Waals surface area contributed by atoms with Crippen LogP contribution in [0.15, 0.2) is 33.8 Å². The molecule has 0 aliphatic carbocycles. The number of carbonyl (C=O) groups is 1. The molecule has 0 aromatic heterocycles. The van der Waals surface area contributed by atoms with Crippen molar-refractivity contribution in [3.05, 3.63) is 28.7 Å². The number of anilines is 1. The van der Waals surface area contributed by atoms with Crippen LogP contribution in [0.1, 0.15) is 6.92 Å². The standard InChI is InChI=1S/C9H9BrN2O2/c1-6(9(13)14)11-12-8-4-2-7(10)3-5-8/h2-5,12H,1H3,(H,13,14). The lowest BCUT2D eigenvalue weighted by atomic mass is 10.3. The number of hydrogen-bond donors (Lipinski definition) is 2. The monoisotopic (exact) mass is 256 g/mol. The summed E-state index contributed by atoms with van der Waals surface area (Å²) in [5.41, 5.74) is 3.40. The predicted octanol–water partition coefficient (Wildman–Crippen LogP) is 2.32. The van der Waals surface area contributed by atoms with Gasteiger partial charge in [-0.1, -0.05) is 15.9 Å². The Labute approximate surface area is 89.8 Å². The predicted molar refractivity (Wildman–Crippen MR) is 58.5 cm³/mol. The fourth-order valence-corrected chi connectivity index (χ4v) is 0.985. The quantitative estimate of drug-likeness (QED) is 0.645. The fraction of sp³-hybridized carbons (Fsp3) is 0.111. The van der Waals surface area contributed by atoms with E-state index in [-0.39, 0.29) is 5.71 Å². The number of halogens is 1. The third kappa shape index (κ3) is 3.18. The second kappa shape index (κ2) is 4.76. The van der Waals surface area contributed by atoms with Crippen LogP contribution in [-0.2, 0) is 4.79 Å². The minimum Gasteiger partial charge on any atom is -0.477 e. The third-order valence-corrected chi connectivity index (χ3v) is 2.04. The number of aliphatic carboxylic acids is 1. The van der Waals surface area contributed by atoms with Crippen molar-refractivity contribution in [1.29, 1.82) is 0 Å². The summed E-state index contributed by atoms with van der Waals surface area (Å²) < 4.78 is 0.960. The first-order valence-electron chi connectivity index (χ1n) is 3.89. The Morgan fingerprint density at radius 1 is 1.43 bits per heavy atom. The molecule has 0 unspecified atom stereocenters. The van der Waals surface area contributed by atoms with Crippen LogP contribution >= 0.6 is 15.9 Å². The molecular weight excluding hydrogens is 248 g/mol. The molecular formula is C9H9BrN2O2. The van der Waals surface area contributed by atoms with E-state index in [1.54, 1.807) is 12.1 Å². The molecule has 0 radical (unpaired) electrons. The van der Waals surface area contributed by atoms with Crippen LogP contribution < -0.4 is 5.43 Å². The van der Waals surface area contributed by atoms with E-state index in [9.17, 15) is 4.79 Å². The minimum atomic E-state index is -1.03. The van der Waals surface area contributed by atoms with E-state index in [2.05, 4.69) is 26.5 Å². The molecule has 0 atom stereocenters. The zero-order valence-corrected chi connectivity index (χ0v) is 9.08. The molecule has 74 valence electrons. The van der Waals surface area contributed by atoms with Crippen molar-refractivity contribution < 1.29 is 9.90 Å². The third-order valence-electron chi connectivity index (χ3n) is 1.51. The molecule has 1 rings (SSSR count). The molecule has 0 fully saturated rings. The normalized spacial score (nSPS) is 11.1. The van der Waals surface area contributed by atoms with Gasteiger partial charge in [-0.3, -0.25) is 5.43 Å². The zero-order valence-electron chi connectivity index (χ0n) is 7.49. The van der Waals surface area contributed by atoms with Crippen molar-refractivity contribution in [2.24, 2.45) is 5.10 Å². The molecule has 0 aliphatic rings. The van der Waals surface area contributed by atoms with E-state index < -0.39 is 5.97 Å². The highest BCUT2D eigenvalue weighted by Crippen LogP contribution is 2.13. The highest BCUT2D eigenvalue weighted by Gasteiger charge is 2.00. The summed E-state index contributed by atoms with van der Waals surface area (Å²) in [7, 11) is 0. The molecule has 1 aromatic rings. The first kappa shape index (κ1) is 10.7. The first-order valence-corrected chi connectivity index (χ1v) is 4.68. The molecule has 0 amide bonds. The number of rotatable bonds is 3. The molecule has 0 spiro atoms. The Balaban J connectivity index is 2.66. The minimum absolute atomic E-state index is 0.0212. The number of carboxylic acids is 1. The topological polar surface area (TPSA) is 61.7 Å². The maximum Gasteiger partial charge on any atom is 0.351 e. The zero-order chi connectivity index (χ0) is 10.6. The summed E-state index contributed by atoms with van der Waals surface area (Å²) in [5.74, 6) is -1.03. The van der Waals surface area contributed by atoms with Crippen molar-refractivity contribution in [1.82, 2.24) is 0 Å². The van der Waals surface area contributed by atoms with E-state index in [4.69, 9.17) is 5.11 Å². The van der Waals surface area contributed by atoms with Crippen LogP contribution in [0, 0.1) is 0 Å². The average molecular weight is 257 g/mol. The van der Waals surface area contributed by atoms with Gasteiger partial charge in [0.1, 0.15) is 5.71 Å². The van der Waals surface area contributed by atoms with Crippen LogP contribution in [0.25, 0.3) is 0 Å². The van der Waals surface area contributed by atoms with E-state index in [0.717, 1.165) is 10.2 Å². The van der Waals surface area contributed by atoms with Gasteiger partial charge in [0, 0.05) is 4.47 Å². The highest BCUT2D eigenvalue weighted by molar-refractivity contribution is 9.10. The Bertz CT molecular complexity index is 360. The molecule has 0 saturated heterocycles. The summed E-state index contributed by atoms with van der Waals surface area (Å²) in [6.45, 7) is 1.42. The van der Waals surface area contributed by atoms with E-state index >= 15 is 0 Å². The molecule has 1 aromatic carbocycles. The number of carboxylic acid groups (broad SMARTS) is 1. The molecule has 2 N–H and O–H groups in total. The Morgan fingerprint density at radius 3 is 2.50 bits per heavy atom. The lowest BCUT2D eigenvalue weighted by molar-refractivity contribution is -0.129. The van der Waals surface area contributed by atoms with Crippen LogP contribution in [0.4, 0.5) is 5.69 Å². The number of hydrogen-bond acceptors (Lipinski definition) is 3. The summed E-state index contributed by atoms with van der Waals surface area (Å²) in [4.78, 5) is 10.4. The Hall–Kier alpha value is -1.36. The molecule has 0 aliphatic heterocycles. The van der Waals surface area contributed by atoms with Gasteiger partial charge in [-0.25, -0.2) is 4.79 Å².